The van der Waals surface area contributed by atoms with Gasteiger partial charge in [0.2, 0.25) is 0 Å². The van der Waals surface area contributed by atoms with E-state index in [2.05, 4.69) is 33.7 Å². The number of pyridine rings is 1. The lowest BCUT2D eigenvalue weighted by Gasteiger charge is -2.31. The molecule has 3 aromatic heterocycles. The quantitative estimate of drug-likeness (QED) is 0.325. The molecule has 37 heavy (non-hydrogen) atoms. The summed E-state index contributed by atoms with van der Waals surface area (Å²) in [7, 11) is 0. The number of hydrogen-bond acceptors (Lipinski definition) is 3. The maximum absolute atomic E-state index is 14.9. The highest BCUT2D eigenvalue weighted by molar-refractivity contribution is 6.50. The zero-order valence-electron chi connectivity index (χ0n) is 20.4. The minimum atomic E-state index is -0.468. The number of halogens is 1. The summed E-state index contributed by atoms with van der Waals surface area (Å²) in [4.78, 5) is 33.8. The minimum absolute atomic E-state index is 0.195. The Balaban J connectivity index is 1.46. The van der Waals surface area contributed by atoms with Crippen molar-refractivity contribution in [2.75, 3.05) is 0 Å². The maximum Gasteiger partial charge on any atom is 0.259 e. The largest absolute Gasteiger partial charge is 0.361 e. The van der Waals surface area contributed by atoms with Crippen LogP contribution in [0.2, 0.25) is 0 Å². The number of aryl methyl sites for hydroxylation is 1. The van der Waals surface area contributed by atoms with Gasteiger partial charge in [-0.2, -0.15) is 0 Å². The summed E-state index contributed by atoms with van der Waals surface area (Å²) in [5.74, 6) is -1.27. The van der Waals surface area contributed by atoms with Gasteiger partial charge in [-0.15, -0.1) is 0 Å². The predicted molar refractivity (Wildman–Crippen MR) is 141 cm³/mol. The first-order valence-electron chi connectivity index (χ1n) is 12.3. The molecule has 6 nitrogen and oxygen atoms in total. The van der Waals surface area contributed by atoms with Gasteiger partial charge in [-0.3, -0.25) is 19.9 Å². The van der Waals surface area contributed by atoms with E-state index in [4.69, 9.17) is 0 Å². The molecule has 2 amide bonds. The Hall–Kier alpha value is -4.52. The van der Waals surface area contributed by atoms with Crippen LogP contribution in [0.1, 0.15) is 37.0 Å². The minimum Gasteiger partial charge on any atom is -0.361 e. The van der Waals surface area contributed by atoms with Crippen molar-refractivity contribution in [2.45, 2.75) is 32.2 Å². The zero-order chi connectivity index (χ0) is 25.5. The number of aromatic amines is 1. The van der Waals surface area contributed by atoms with Crippen LogP contribution < -0.4 is 5.32 Å². The average Bonchev–Trinajstić information content (AvgIpc) is 3.54. The second-order valence-corrected chi connectivity index (χ2v) is 10.5. The number of hydrogen-bond donors (Lipinski definition) is 2. The summed E-state index contributed by atoms with van der Waals surface area (Å²) >= 11 is 0. The lowest BCUT2D eigenvalue weighted by atomic mass is 9.78. The summed E-state index contributed by atoms with van der Waals surface area (Å²) in [6, 6.07) is 12.9. The van der Waals surface area contributed by atoms with Crippen LogP contribution in [-0.4, -0.2) is 26.3 Å². The number of H-pyrrole nitrogens is 1. The monoisotopic (exact) mass is 490 g/mol. The summed E-state index contributed by atoms with van der Waals surface area (Å²) < 4.78 is 16.9. The fourth-order valence-corrected chi connectivity index (χ4v) is 5.85. The number of aromatic nitrogens is 3. The molecule has 2 N–H and O–H groups in total. The molecule has 2 aliphatic rings. The predicted octanol–water partition coefficient (Wildman–Crippen LogP) is 5.57. The topological polar surface area (TPSA) is 79.8 Å². The lowest BCUT2D eigenvalue weighted by Crippen LogP contribution is -2.25. The Kier molecular flexibility index (Phi) is 4.40. The second-order valence-electron chi connectivity index (χ2n) is 10.5. The number of amides is 2. The normalized spacial score (nSPS) is 16.7. The molecule has 2 aliphatic heterocycles. The fourth-order valence-electron chi connectivity index (χ4n) is 5.85. The third kappa shape index (κ3) is 3.13. The van der Waals surface area contributed by atoms with Crippen LogP contribution in [0.5, 0.6) is 0 Å². The van der Waals surface area contributed by atoms with Crippen LogP contribution in [0.3, 0.4) is 0 Å². The number of benzene rings is 2. The SMILES string of the molecule is CC1(C)CCn2cc(C3=C(c4c[nH]c5cc(-c6cccnc6)ccc45)C(=O)NC3=O)c3cc(F)cc1c32. The molecule has 182 valence electrons. The maximum atomic E-state index is 14.9. The van der Waals surface area contributed by atoms with Crippen molar-refractivity contribution in [3.05, 3.63) is 89.8 Å². The molecule has 0 aliphatic carbocycles. The van der Waals surface area contributed by atoms with Crippen molar-refractivity contribution in [1.82, 2.24) is 19.9 Å². The van der Waals surface area contributed by atoms with Gasteiger partial charge in [-0.1, -0.05) is 32.0 Å². The average molecular weight is 491 g/mol. The number of carbonyl (C=O) groups is 2. The molecule has 0 saturated carbocycles. The zero-order valence-corrected chi connectivity index (χ0v) is 20.4. The Bertz CT molecular complexity index is 1830. The number of fused-ring (bicyclic) bond motifs is 1. The van der Waals surface area contributed by atoms with E-state index < -0.39 is 11.8 Å². The summed E-state index contributed by atoms with van der Waals surface area (Å²) in [6.45, 7) is 4.98. The first kappa shape index (κ1) is 21.7. The van der Waals surface area contributed by atoms with Crippen molar-refractivity contribution in [3.8, 4) is 11.1 Å². The number of nitrogens with one attached hydrogen (secondary N) is 2. The molecule has 7 rings (SSSR count). The van der Waals surface area contributed by atoms with E-state index in [1.54, 1.807) is 24.7 Å². The van der Waals surface area contributed by atoms with E-state index in [-0.39, 0.29) is 16.8 Å². The molecule has 2 aromatic carbocycles. The second kappa shape index (κ2) is 7.49. The molecule has 0 bridgehead atoms. The molecule has 0 atom stereocenters. The van der Waals surface area contributed by atoms with Crippen LogP contribution in [0.25, 0.3) is 44.1 Å². The summed E-state index contributed by atoms with van der Waals surface area (Å²) in [5, 5.41) is 3.96. The van der Waals surface area contributed by atoms with Gasteiger partial charge in [0.1, 0.15) is 5.82 Å². The molecular formula is C30H23FN4O2. The van der Waals surface area contributed by atoms with Crippen molar-refractivity contribution in [3.63, 3.8) is 0 Å². The van der Waals surface area contributed by atoms with E-state index in [1.165, 1.54) is 6.07 Å². The third-order valence-electron chi connectivity index (χ3n) is 7.79. The molecule has 0 unspecified atom stereocenters. The smallest absolute Gasteiger partial charge is 0.259 e. The van der Waals surface area contributed by atoms with Gasteiger partial charge in [0.25, 0.3) is 11.8 Å². The van der Waals surface area contributed by atoms with Crippen LogP contribution in [0.15, 0.2) is 67.3 Å². The van der Waals surface area contributed by atoms with E-state index >= 15 is 0 Å². The number of nitrogens with zero attached hydrogens (tertiary/aromatic N) is 2. The van der Waals surface area contributed by atoms with Crippen LogP contribution in [-0.2, 0) is 21.5 Å². The van der Waals surface area contributed by atoms with Gasteiger partial charge in [0.05, 0.1) is 16.7 Å². The molecule has 0 fully saturated rings. The highest BCUT2D eigenvalue weighted by Crippen LogP contribution is 2.44. The van der Waals surface area contributed by atoms with E-state index in [9.17, 15) is 14.0 Å². The van der Waals surface area contributed by atoms with Gasteiger partial charge >= 0.3 is 0 Å². The summed E-state index contributed by atoms with van der Waals surface area (Å²) in [6.07, 6.45) is 8.03. The Morgan fingerprint density at radius 2 is 1.78 bits per heavy atom. The molecule has 0 spiro atoms. The Morgan fingerprint density at radius 1 is 0.973 bits per heavy atom. The highest BCUT2D eigenvalue weighted by Gasteiger charge is 2.37. The lowest BCUT2D eigenvalue weighted by molar-refractivity contribution is -0.122. The van der Waals surface area contributed by atoms with E-state index in [0.717, 1.165) is 46.1 Å². The molecule has 5 heterocycles. The molecule has 0 saturated heterocycles. The Labute approximate surface area is 211 Å². The molecule has 5 aromatic rings. The van der Waals surface area contributed by atoms with Gasteiger partial charge < -0.3 is 9.55 Å². The van der Waals surface area contributed by atoms with Gasteiger partial charge in [-0.25, -0.2) is 4.39 Å². The standard InChI is InChI=1S/C30H23FN4O2/c1-30(2)7-9-35-15-22(20-11-18(31)12-23(30)27(20)35)26-25(28(36)34-29(26)37)21-14-33-24-10-16(5-6-19(21)24)17-4-3-8-32-13-17/h3-6,8,10-15,33H,7,9H2,1-2H3,(H,34,36,37). The third-order valence-corrected chi connectivity index (χ3v) is 7.79. The van der Waals surface area contributed by atoms with E-state index in [0.29, 0.717) is 22.1 Å². The highest BCUT2D eigenvalue weighted by atomic mass is 19.1. The van der Waals surface area contributed by atoms with Gasteiger partial charge in [-0.05, 0) is 47.2 Å². The van der Waals surface area contributed by atoms with Gasteiger partial charge in [0.15, 0.2) is 0 Å². The fraction of sp³-hybridized carbons (Fsp3) is 0.167. The number of rotatable bonds is 3. The Morgan fingerprint density at radius 3 is 2.57 bits per heavy atom. The van der Waals surface area contributed by atoms with Gasteiger partial charge in [0, 0.05) is 64.3 Å². The number of carbonyl (C=O) groups excluding carboxylic acids is 2. The summed E-state index contributed by atoms with van der Waals surface area (Å²) in [5.41, 5.74) is 6.25. The molecule has 0 radical (unpaired) electrons. The first-order chi connectivity index (χ1) is 17.8. The van der Waals surface area contributed by atoms with Crippen molar-refractivity contribution < 1.29 is 14.0 Å². The van der Waals surface area contributed by atoms with Crippen LogP contribution in [0.4, 0.5) is 4.39 Å². The first-order valence-corrected chi connectivity index (χ1v) is 12.3. The van der Waals surface area contributed by atoms with Crippen LogP contribution >= 0.6 is 0 Å². The van der Waals surface area contributed by atoms with Crippen molar-refractivity contribution >= 4 is 44.8 Å². The molecular weight excluding hydrogens is 467 g/mol. The number of imide groups is 1. The van der Waals surface area contributed by atoms with E-state index in [1.807, 2.05) is 36.5 Å². The van der Waals surface area contributed by atoms with Crippen molar-refractivity contribution in [2.24, 2.45) is 0 Å². The van der Waals surface area contributed by atoms with Crippen molar-refractivity contribution in [1.29, 1.82) is 0 Å². The van der Waals surface area contributed by atoms with Crippen LogP contribution in [0, 0.1) is 5.82 Å². The molecule has 7 heteroatoms.